The van der Waals surface area contributed by atoms with Crippen molar-refractivity contribution in [3.8, 4) is 0 Å². The largest absolute Gasteiger partial charge is 0.290 e. The van der Waals surface area contributed by atoms with E-state index in [1.807, 2.05) is 0 Å². The minimum Gasteiger partial charge on any atom is -0.290 e. The minimum atomic E-state index is -1.91. The van der Waals surface area contributed by atoms with Crippen LogP contribution in [0.1, 0.15) is 54.7 Å². The van der Waals surface area contributed by atoms with Gasteiger partial charge in [0.1, 0.15) is 0 Å². The summed E-state index contributed by atoms with van der Waals surface area (Å²) in [5.74, 6) is 0.0379. The molecule has 0 aliphatic heterocycles. The molecule has 26 heavy (non-hydrogen) atoms. The van der Waals surface area contributed by atoms with Gasteiger partial charge in [0.05, 0.1) is 7.11 Å². The molecule has 2 nitrogen and oxygen atoms in total. The van der Waals surface area contributed by atoms with Gasteiger partial charge in [0, 0.05) is 13.9 Å². The van der Waals surface area contributed by atoms with Crippen molar-refractivity contribution in [1.29, 1.82) is 0 Å². The first kappa shape index (κ1) is 21.4. The van der Waals surface area contributed by atoms with E-state index in [0.717, 1.165) is 12.0 Å². The fourth-order valence-corrected chi connectivity index (χ4v) is 21.8. The highest BCUT2D eigenvalue weighted by Gasteiger charge is 2.47. The normalized spacial score (nSPS) is 15.1. The molecule has 142 valence electrons. The third-order valence-corrected chi connectivity index (χ3v) is 39.7. The Hall–Kier alpha value is -0.919. The summed E-state index contributed by atoms with van der Waals surface area (Å²) in [6, 6.07) is 4.39. The summed E-state index contributed by atoms with van der Waals surface area (Å²) in [4.78, 5) is 18.3. The van der Waals surface area contributed by atoms with Gasteiger partial charge in [-0.15, -0.1) is 0 Å². The van der Waals surface area contributed by atoms with Crippen molar-refractivity contribution < 1.29 is 4.79 Å². The Labute approximate surface area is 163 Å². The van der Waals surface area contributed by atoms with E-state index < -0.39 is 23.2 Å². The predicted octanol–water partition coefficient (Wildman–Crippen LogP) is 5.51. The van der Waals surface area contributed by atoms with Crippen LogP contribution in [0.15, 0.2) is 17.7 Å². The highest BCUT2D eigenvalue weighted by atomic mass is 29.6. The van der Waals surface area contributed by atoms with Crippen molar-refractivity contribution in [1.82, 2.24) is 4.98 Å². The van der Waals surface area contributed by atoms with Gasteiger partial charge >= 0.3 is 0 Å². The van der Waals surface area contributed by atoms with Gasteiger partial charge in [-0.05, 0) is 41.5 Å². The number of carbonyl (C=O) groups excluding carboxylic acids is 1. The first-order valence-electron chi connectivity index (χ1n) is 9.59. The zero-order valence-electron chi connectivity index (χ0n) is 18.3. The molecule has 0 atom stereocenters. The Morgan fingerprint density at radius 2 is 1.69 bits per heavy atom. The number of allylic oxidation sites excluding steroid dienone is 1. The molecule has 1 aliphatic carbocycles. The van der Waals surface area contributed by atoms with Gasteiger partial charge in [-0.1, -0.05) is 77.8 Å². The van der Waals surface area contributed by atoms with E-state index in [0.29, 0.717) is 0 Å². The van der Waals surface area contributed by atoms with E-state index in [4.69, 9.17) is 4.98 Å². The first-order valence-corrected chi connectivity index (χ1v) is 20.0. The Bertz CT molecular complexity index is 755. The van der Waals surface area contributed by atoms with Crippen molar-refractivity contribution in [2.24, 2.45) is 0 Å². The van der Waals surface area contributed by atoms with Crippen LogP contribution in [0.2, 0.25) is 39.3 Å². The van der Waals surface area contributed by atoms with Crippen molar-refractivity contribution >= 4 is 35.2 Å². The van der Waals surface area contributed by atoms with Crippen LogP contribution in [-0.4, -0.2) is 29.1 Å². The second-order valence-corrected chi connectivity index (χ2v) is 34.4. The monoisotopic (exact) mass is 401 g/mol. The summed E-state index contributed by atoms with van der Waals surface area (Å²) >= 11 is 0. The molecule has 0 saturated heterocycles. The van der Waals surface area contributed by atoms with Gasteiger partial charge < -0.3 is 0 Å². The van der Waals surface area contributed by atoms with Crippen LogP contribution in [-0.2, 0) is 11.8 Å². The average molecular weight is 402 g/mol. The molecule has 1 aliphatic rings. The number of hydrogen-bond acceptors (Lipinski definition) is 1. The molecule has 0 fully saturated rings. The molecule has 5 heteroatoms. The van der Waals surface area contributed by atoms with E-state index in [-0.39, 0.29) is 11.3 Å². The zero-order chi connectivity index (χ0) is 20.1. The van der Waals surface area contributed by atoms with Crippen LogP contribution >= 0.6 is 0 Å². The Kier molecular flexibility index (Phi) is 5.68. The molecule has 1 aromatic rings. The molecule has 2 radical (unpaired) electrons. The van der Waals surface area contributed by atoms with E-state index in [2.05, 4.69) is 85.2 Å². The van der Waals surface area contributed by atoms with E-state index in [1.54, 1.807) is 0 Å². The predicted molar refractivity (Wildman–Crippen MR) is 121 cm³/mol. The Balaban J connectivity index is 2.46. The molecular formula is C21H35NOSi3. The number of fused-ring (bicyclic) bond motifs is 1. The fourth-order valence-electron chi connectivity index (χ4n) is 3.31. The number of hydrogen-bond donors (Lipinski definition) is 0. The molecule has 0 unspecified atom stereocenters. The lowest BCUT2D eigenvalue weighted by Crippen LogP contribution is -2.68. The summed E-state index contributed by atoms with van der Waals surface area (Å²) < 4.78 is 0. The van der Waals surface area contributed by atoms with Gasteiger partial charge in [-0.2, -0.15) is 0 Å². The quantitative estimate of drug-likeness (QED) is 0.612. The second kappa shape index (κ2) is 6.91. The lowest BCUT2D eigenvalue weighted by Gasteiger charge is -2.39. The third-order valence-electron chi connectivity index (χ3n) is 6.40. The highest BCUT2D eigenvalue weighted by Crippen LogP contribution is 2.34. The molecule has 0 bridgehead atoms. The molecule has 0 heterocycles. The van der Waals surface area contributed by atoms with Crippen LogP contribution < -0.4 is 4.98 Å². The van der Waals surface area contributed by atoms with E-state index >= 15 is 0 Å². The molecule has 1 aromatic carbocycles. The Morgan fingerprint density at radius 3 is 2.19 bits per heavy atom. The topological polar surface area (TPSA) is 31.2 Å². The molecule has 0 aromatic heterocycles. The maximum Gasteiger partial charge on any atom is 0.263 e. The molecule has 0 N–H and O–H groups in total. The van der Waals surface area contributed by atoms with Crippen LogP contribution in [0.3, 0.4) is 0 Å². The zero-order valence-corrected chi connectivity index (χ0v) is 21.3. The van der Waals surface area contributed by atoms with E-state index in [9.17, 15) is 4.79 Å². The standard InChI is InChI=1S/C21H35NOSi3/c1-15-11-16-13-17(21(2,3)4)14-19(18(16)12-15)20(23)22-25(7,8)26(9,10)24(5)6/h11,13-14H,12H2,1-10H3. The van der Waals surface area contributed by atoms with Crippen molar-refractivity contribution in [2.45, 2.75) is 78.8 Å². The smallest absolute Gasteiger partial charge is 0.263 e. The summed E-state index contributed by atoms with van der Waals surface area (Å²) in [6.45, 7) is 23.1. The maximum atomic E-state index is 13.4. The summed E-state index contributed by atoms with van der Waals surface area (Å²) in [6.07, 6.45) is 3.12. The molecular weight excluding hydrogens is 366 g/mol. The summed E-state index contributed by atoms with van der Waals surface area (Å²) in [5.41, 5.74) is 5.85. The Morgan fingerprint density at radius 1 is 1.12 bits per heavy atom. The van der Waals surface area contributed by atoms with Crippen LogP contribution in [0.5, 0.6) is 0 Å². The third kappa shape index (κ3) is 3.99. The van der Waals surface area contributed by atoms with Gasteiger partial charge in [0.15, 0.2) is 7.75 Å². The number of carbonyl (C=O) groups is 1. The minimum absolute atomic E-state index is 0.0262. The van der Waals surface area contributed by atoms with Gasteiger partial charge in [0.25, 0.3) is 5.91 Å². The van der Waals surface area contributed by atoms with Crippen molar-refractivity contribution in [3.05, 3.63) is 40.0 Å². The van der Waals surface area contributed by atoms with Crippen LogP contribution in [0, 0.1) is 0 Å². The van der Waals surface area contributed by atoms with Gasteiger partial charge in [0.2, 0.25) is 0 Å². The lowest BCUT2D eigenvalue weighted by atomic mass is 9.83. The van der Waals surface area contributed by atoms with E-state index in [1.165, 1.54) is 22.3 Å². The number of benzene rings is 1. The average Bonchev–Trinajstić information content (AvgIpc) is 2.84. The molecule has 0 saturated carbocycles. The van der Waals surface area contributed by atoms with Crippen LogP contribution in [0.25, 0.3) is 6.08 Å². The fraction of sp³-hybridized carbons (Fsp3) is 0.571. The number of amides is 1. The SMILES string of the molecule is CC1=Cc2cc(C(C)(C)C)cc(C(=O)[N][Si](C)(C)[Si](C)(C)[Si](C)C)c2C1. The first-order chi connectivity index (χ1) is 11.7. The lowest BCUT2D eigenvalue weighted by molar-refractivity contribution is 0.0974. The second-order valence-electron chi connectivity index (χ2n) is 10.1. The summed E-state index contributed by atoms with van der Waals surface area (Å²) in [7, 11) is -3.76. The highest BCUT2D eigenvalue weighted by molar-refractivity contribution is 7.63. The summed E-state index contributed by atoms with van der Waals surface area (Å²) in [5, 5.41) is 0. The molecule has 1 amide bonds. The molecule has 0 spiro atoms. The van der Waals surface area contributed by atoms with Crippen molar-refractivity contribution in [2.75, 3.05) is 0 Å². The van der Waals surface area contributed by atoms with Crippen molar-refractivity contribution in [3.63, 3.8) is 0 Å². The van der Waals surface area contributed by atoms with Gasteiger partial charge in [-0.25, -0.2) is 0 Å². The molecule has 2 rings (SSSR count). The number of rotatable bonds is 4. The van der Waals surface area contributed by atoms with Gasteiger partial charge in [-0.3, -0.25) is 9.78 Å². The maximum absolute atomic E-state index is 13.4. The number of nitrogens with zero attached hydrogens (tertiary/aromatic N) is 1. The van der Waals surface area contributed by atoms with Crippen LogP contribution in [0.4, 0.5) is 0 Å².